The molecule has 0 bridgehead atoms. The zero-order valence-corrected chi connectivity index (χ0v) is 7.01. The van der Waals surface area contributed by atoms with Crippen molar-refractivity contribution >= 4 is 5.78 Å². The molecule has 0 saturated heterocycles. The molecule has 1 atom stereocenters. The van der Waals surface area contributed by atoms with Crippen LogP contribution in [0, 0.1) is 0 Å². The standard InChI is InChI=1S/C10H13NO2/c1-7(12)10(11)6-8-3-2-4-9(13)5-8/h2-5,10,13H,6,11H2,1H3/t10-/m0/s1/i3D,4D,5D,6D2,10D. The molecular weight excluding hydrogens is 166 g/mol. The van der Waals surface area contributed by atoms with Crippen molar-refractivity contribution in [3.63, 3.8) is 0 Å². The van der Waals surface area contributed by atoms with Gasteiger partial charge in [0, 0.05) is 2.74 Å². The lowest BCUT2D eigenvalue weighted by molar-refractivity contribution is -0.118. The molecule has 3 N–H and O–H groups in total. The summed E-state index contributed by atoms with van der Waals surface area (Å²) in [6, 6.07) is -3.76. The maximum absolute atomic E-state index is 11.3. The second-order valence-corrected chi connectivity index (χ2v) is 2.38. The number of carbonyl (C=O) groups is 1. The molecule has 0 aromatic heterocycles. The zero-order valence-electron chi connectivity index (χ0n) is 13.0. The number of rotatable bonds is 3. The van der Waals surface area contributed by atoms with Gasteiger partial charge in [-0.05, 0) is 30.9 Å². The summed E-state index contributed by atoms with van der Waals surface area (Å²) in [5.74, 6) is -1.81. The highest BCUT2D eigenvalue weighted by atomic mass is 16.3. The zero-order chi connectivity index (χ0) is 15.2. The van der Waals surface area contributed by atoms with Crippen LogP contribution in [0.5, 0.6) is 5.75 Å². The fraction of sp³-hybridized carbons (Fsp3) is 0.300. The van der Waals surface area contributed by atoms with Crippen molar-refractivity contribution in [2.45, 2.75) is 19.3 Å². The quantitative estimate of drug-likeness (QED) is 0.733. The SMILES string of the molecule is [2H]c1cc([2H])c(C([2H])([2H])[C@]([2H])(N)C(C)=O)c([2H])c1O. The Balaban J connectivity index is 3.63. The van der Waals surface area contributed by atoms with E-state index in [2.05, 4.69) is 0 Å². The normalized spacial score (nSPS) is 22.6. The molecule has 1 aromatic rings. The molecule has 0 spiro atoms. The van der Waals surface area contributed by atoms with Crippen LogP contribution in [0.2, 0.25) is 0 Å². The highest BCUT2D eigenvalue weighted by Gasteiger charge is 2.08. The van der Waals surface area contributed by atoms with E-state index >= 15 is 0 Å². The van der Waals surface area contributed by atoms with E-state index < -0.39 is 47.6 Å². The van der Waals surface area contributed by atoms with Crippen molar-refractivity contribution in [2.75, 3.05) is 0 Å². The predicted octanol–water partition coefficient (Wildman–Crippen LogP) is 0.851. The lowest BCUT2D eigenvalue weighted by atomic mass is 10.0. The van der Waals surface area contributed by atoms with Gasteiger partial charge >= 0.3 is 0 Å². The van der Waals surface area contributed by atoms with Crippen LogP contribution in [0.3, 0.4) is 0 Å². The predicted molar refractivity (Wildman–Crippen MR) is 50.5 cm³/mol. The van der Waals surface area contributed by atoms with Crippen molar-refractivity contribution in [3.05, 3.63) is 29.8 Å². The first-order valence-electron chi connectivity index (χ1n) is 6.54. The average Bonchev–Trinajstić information content (AvgIpc) is 2.25. The van der Waals surface area contributed by atoms with Crippen LogP contribution in [-0.4, -0.2) is 16.9 Å². The number of nitrogens with two attached hydrogens (primary N) is 1. The number of benzene rings is 1. The fourth-order valence-electron chi connectivity index (χ4n) is 0.657. The fourth-order valence-corrected chi connectivity index (χ4v) is 0.657. The van der Waals surface area contributed by atoms with E-state index in [1.807, 2.05) is 0 Å². The highest BCUT2D eigenvalue weighted by molar-refractivity contribution is 5.81. The summed E-state index contributed by atoms with van der Waals surface area (Å²) in [6.07, 6.45) is -2.85. The highest BCUT2D eigenvalue weighted by Crippen LogP contribution is 2.12. The van der Waals surface area contributed by atoms with Gasteiger partial charge in [-0.2, -0.15) is 0 Å². The molecule has 3 nitrogen and oxygen atoms in total. The minimum absolute atomic E-state index is 0.509. The van der Waals surface area contributed by atoms with E-state index in [1.165, 1.54) is 0 Å². The molecule has 0 aliphatic rings. The molecule has 0 amide bonds. The van der Waals surface area contributed by atoms with E-state index in [4.69, 9.17) is 14.0 Å². The molecule has 3 heteroatoms. The molecule has 0 saturated carbocycles. The van der Waals surface area contributed by atoms with Gasteiger partial charge in [0.15, 0.2) is 0 Å². The van der Waals surface area contributed by atoms with Crippen LogP contribution in [0.4, 0.5) is 0 Å². The number of phenolic OH excluding ortho intramolecular Hbond substituents is 1. The number of ketones is 1. The number of hydrogen-bond acceptors (Lipinski definition) is 3. The van der Waals surface area contributed by atoms with Crippen LogP contribution in [0.25, 0.3) is 0 Å². The topological polar surface area (TPSA) is 63.3 Å². The molecular formula is C10H13NO2. The van der Waals surface area contributed by atoms with E-state index in [9.17, 15) is 9.90 Å². The first-order valence-corrected chi connectivity index (χ1v) is 3.54. The van der Waals surface area contributed by atoms with Gasteiger partial charge in [0.2, 0.25) is 0 Å². The van der Waals surface area contributed by atoms with E-state index in [-0.39, 0.29) is 0 Å². The lowest BCUT2D eigenvalue weighted by Crippen LogP contribution is -2.30. The molecule has 0 unspecified atom stereocenters. The minimum Gasteiger partial charge on any atom is -0.508 e. The summed E-state index contributed by atoms with van der Waals surface area (Å²) >= 11 is 0. The number of Topliss-reactive ketones (excluding diaryl/α,β-unsaturated/α-hetero) is 1. The van der Waals surface area contributed by atoms with Gasteiger partial charge in [-0.3, -0.25) is 4.79 Å². The molecule has 13 heavy (non-hydrogen) atoms. The van der Waals surface area contributed by atoms with Crippen molar-refractivity contribution in [1.82, 2.24) is 0 Å². The summed E-state index contributed by atoms with van der Waals surface area (Å²) < 4.78 is 45.6. The lowest BCUT2D eigenvalue weighted by Gasteiger charge is -2.07. The number of hydrogen-bond donors (Lipinski definition) is 2. The molecule has 70 valence electrons. The molecule has 1 rings (SSSR count). The molecule has 0 aliphatic heterocycles. The molecule has 0 heterocycles. The van der Waals surface area contributed by atoms with Crippen LogP contribution in [-0.2, 0) is 11.2 Å². The second kappa shape index (κ2) is 4.05. The van der Waals surface area contributed by atoms with Crippen molar-refractivity contribution < 1.29 is 18.1 Å². The Morgan fingerprint density at radius 3 is 3.23 bits per heavy atom. The summed E-state index contributed by atoms with van der Waals surface area (Å²) in [4.78, 5) is 11.3. The molecule has 0 fully saturated rings. The van der Waals surface area contributed by atoms with Crippen LogP contribution in [0.1, 0.15) is 20.7 Å². The number of aromatic hydroxyl groups is 1. The molecule has 0 radical (unpaired) electrons. The summed E-state index contributed by atoms with van der Waals surface area (Å²) in [7, 11) is 0. The van der Waals surface area contributed by atoms with Gasteiger partial charge in [-0.1, -0.05) is 12.1 Å². The summed E-state index contributed by atoms with van der Waals surface area (Å²) in [6.45, 7) is 0.927. The Morgan fingerprint density at radius 1 is 1.92 bits per heavy atom. The van der Waals surface area contributed by atoms with Crippen molar-refractivity contribution in [2.24, 2.45) is 5.73 Å². The van der Waals surface area contributed by atoms with E-state index in [0.717, 1.165) is 13.0 Å². The molecule has 1 aromatic carbocycles. The van der Waals surface area contributed by atoms with Crippen LogP contribution in [0.15, 0.2) is 24.2 Å². The Labute approximate surface area is 85.6 Å². The Morgan fingerprint density at radius 2 is 2.62 bits per heavy atom. The van der Waals surface area contributed by atoms with Gasteiger partial charge in [0.1, 0.15) is 11.5 Å². The Kier molecular flexibility index (Phi) is 1.32. The van der Waals surface area contributed by atoms with Gasteiger partial charge in [0.25, 0.3) is 0 Å². The monoisotopic (exact) mass is 185 g/mol. The summed E-state index contributed by atoms with van der Waals surface area (Å²) in [5, 5.41) is 9.47. The maximum atomic E-state index is 11.3. The van der Waals surface area contributed by atoms with E-state index in [0.29, 0.717) is 0 Å². The maximum Gasteiger partial charge on any atom is 0.146 e. The number of carbonyl (C=O) groups excluding carboxylic acids is 1. The van der Waals surface area contributed by atoms with Gasteiger partial charge in [0.05, 0.1) is 11.5 Å². The third-order valence-electron chi connectivity index (χ3n) is 1.31. The first kappa shape index (κ1) is 4.24. The van der Waals surface area contributed by atoms with Crippen molar-refractivity contribution in [3.8, 4) is 5.75 Å². The summed E-state index contributed by atoms with van der Waals surface area (Å²) in [5.41, 5.74) is 4.66. The Bertz CT molecular complexity index is 543. The second-order valence-electron chi connectivity index (χ2n) is 2.38. The Hall–Kier alpha value is -1.35. The van der Waals surface area contributed by atoms with Crippen molar-refractivity contribution in [1.29, 1.82) is 0 Å². The number of phenols is 1. The van der Waals surface area contributed by atoms with Crippen LogP contribution >= 0.6 is 0 Å². The van der Waals surface area contributed by atoms with Gasteiger partial charge in [-0.15, -0.1) is 0 Å². The largest absolute Gasteiger partial charge is 0.508 e. The smallest absolute Gasteiger partial charge is 0.146 e. The third kappa shape index (κ3) is 2.87. The minimum atomic E-state index is -2.85. The average molecular weight is 185 g/mol. The van der Waals surface area contributed by atoms with E-state index in [1.54, 1.807) is 0 Å². The van der Waals surface area contributed by atoms with Gasteiger partial charge < -0.3 is 10.8 Å². The first-order chi connectivity index (χ1) is 8.44. The molecule has 0 aliphatic carbocycles. The third-order valence-corrected chi connectivity index (χ3v) is 1.31. The van der Waals surface area contributed by atoms with Gasteiger partial charge in [-0.25, -0.2) is 0 Å². The van der Waals surface area contributed by atoms with Crippen LogP contribution < -0.4 is 5.73 Å².